The number of thiophene rings is 1. The molecule has 0 atom stereocenters. The molecule has 0 spiro atoms. The molecule has 0 aliphatic carbocycles. The monoisotopic (exact) mass is 364 g/mol. The van der Waals surface area contributed by atoms with Crippen molar-refractivity contribution >= 4 is 33.4 Å². The minimum absolute atomic E-state index is 0.578. The Balaban J connectivity index is 1.31. The molecule has 1 aliphatic rings. The Morgan fingerprint density at radius 3 is 2.81 bits per heavy atom. The molecule has 4 rings (SSSR count). The van der Waals surface area contributed by atoms with Crippen LogP contribution in [0.25, 0.3) is 16.3 Å². The van der Waals surface area contributed by atoms with Gasteiger partial charge in [-0.05, 0) is 36.3 Å². The molecule has 0 saturated carbocycles. The van der Waals surface area contributed by atoms with Gasteiger partial charge in [-0.3, -0.25) is 0 Å². The normalized spacial score (nSPS) is 16.0. The summed E-state index contributed by atoms with van der Waals surface area (Å²) in [6.07, 6.45) is 8.39. The lowest BCUT2D eigenvalue weighted by Gasteiger charge is -2.33. The Hall–Kier alpha value is -2.24. The standard InChI is InChI=1S/C21H24N4S/c1-16-14-26-20-19(16)23-15-24-21(20)25-12-9-18(10-13-25)22-11-5-8-17-6-3-2-4-7-17/h2-8,14-15,18,22H,9-13H2,1H3/b8-5+. The van der Waals surface area contributed by atoms with Gasteiger partial charge >= 0.3 is 0 Å². The average Bonchev–Trinajstić information content (AvgIpc) is 3.08. The van der Waals surface area contributed by atoms with Crippen LogP contribution < -0.4 is 10.2 Å². The van der Waals surface area contributed by atoms with E-state index >= 15 is 0 Å². The van der Waals surface area contributed by atoms with Crippen LogP contribution in [-0.4, -0.2) is 35.6 Å². The first-order valence-corrected chi connectivity index (χ1v) is 10.1. The molecular weight excluding hydrogens is 340 g/mol. The number of benzene rings is 1. The molecule has 0 radical (unpaired) electrons. The number of nitrogens with zero attached hydrogens (tertiary/aromatic N) is 3. The van der Waals surface area contributed by atoms with Crippen molar-refractivity contribution in [1.29, 1.82) is 0 Å². The van der Waals surface area contributed by atoms with Gasteiger partial charge in [-0.2, -0.15) is 0 Å². The predicted octanol–water partition coefficient (Wildman–Crippen LogP) is 4.27. The van der Waals surface area contributed by atoms with E-state index in [4.69, 9.17) is 0 Å². The fourth-order valence-electron chi connectivity index (χ4n) is 3.47. The van der Waals surface area contributed by atoms with Crippen molar-refractivity contribution in [3.05, 3.63) is 59.2 Å². The molecular formula is C21H24N4S. The Kier molecular flexibility index (Phi) is 5.27. The maximum atomic E-state index is 4.57. The van der Waals surface area contributed by atoms with Gasteiger partial charge in [-0.15, -0.1) is 11.3 Å². The molecule has 134 valence electrons. The van der Waals surface area contributed by atoms with Gasteiger partial charge in [-0.1, -0.05) is 42.5 Å². The van der Waals surface area contributed by atoms with E-state index in [1.807, 2.05) is 6.07 Å². The largest absolute Gasteiger partial charge is 0.355 e. The molecule has 0 bridgehead atoms. The molecule has 3 heterocycles. The summed E-state index contributed by atoms with van der Waals surface area (Å²) < 4.78 is 1.22. The van der Waals surface area contributed by atoms with Gasteiger partial charge < -0.3 is 10.2 Å². The molecule has 3 aromatic rings. The lowest BCUT2D eigenvalue weighted by atomic mass is 10.0. The summed E-state index contributed by atoms with van der Waals surface area (Å²) in [6, 6.07) is 11.0. The number of anilines is 1. The minimum Gasteiger partial charge on any atom is -0.355 e. The number of fused-ring (bicyclic) bond motifs is 1. The van der Waals surface area contributed by atoms with Crippen molar-refractivity contribution in [2.75, 3.05) is 24.5 Å². The van der Waals surface area contributed by atoms with Gasteiger partial charge in [0, 0.05) is 25.7 Å². The second kappa shape index (κ2) is 7.98. The van der Waals surface area contributed by atoms with Crippen molar-refractivity contribution in [3.63, 3.8) is 0 Å². The Morgan fingerprint density at radius 2 is 2.00 bits per heavy atom. The summed E-state index contributed by atoms with van der Waals surface area (Å²) in [4.78, 5) is 11.4. The van der Waals surface area contributed by atoms with Gasteiger partial charge in [0.15, 0.2) is 0 Å². The SMILES string of the molecule is Cc1csc2c(N3CCC(NC/C=C/c4ccccc4)CC3)ncnc12. The zero-order valence-corrected chi connectivity index (χ0v) is 15.9. The number of hydrogen-bond donors (Lipinski definition) is 1. The van der Waals surface area contributed by atoms with Gasteiger partial charge in [0.05, 0.1) is 10.2 Å². The Bertz CT molecular complexity index is 879. The van der Waals surface area contributed by atoms with E-state index in [1.165, 1.54) is 15.8 Å². The van der Waals surface area contributed by atoms with Crippen LogP contribution in [0.2, 0.25) is 0 Å². The molecule has 1 aliphatic heterocycles. The van der Waals surface area contributed by atoms with Crippen molar-refractivity contribution in [3.8, 4) is 0 Å². The number of aromatic nitrogens is 2. The zero-order valence-electron chi connectivity index (χ0n) is 15.1. The third-order valence-corrected chi connectivity index (χ3v) is 6.02. The molecule has 1 saturated heterocycles. The molecule has 4 nitrogen and oxygen atoms in total. The molecule has 5 heteroatoms. The highest BCUT2D eigenvalue weighted by atomic mass is 32.1. The van der Waals surface area contributed by atoms with Gasteiger partial charge in [0.1, 0.15) is 12.1 Å². The lowest BCUT2D eigenvalue weighted by molar-refractivity contribution is 0.429. The smallest absolute Gasteiger partial charge is 0.150 e. The topological polar surface area (TPSA) is 41.0 Å². The minimum atomic E-state index is 0.578. The van der Waals surface area contributed by atoms with Crippen molar-refractivity contribution in [2.45, 2.75) is 25.8 Å². The number of aryl methyl sites for hydroxylation is 1. The molecule has 0 amide bonds. The molecule has 1 fully saturated rings. The van der Waals surface area contributed by atoms with Crippen LogP contribution in [-0.2, 0) is 0 Å². The summed E-state index contributed by atoms with van der Waals surface area (Å²) in [5, 5.41) is 5.84. The van der Waals surface area contributed by atoms with Crippen molar-refractivity contribution < 1.29 is 0 Å². The summed E-state index contributed by atoms with van der Waals surface area (Å²) in [5.41, 5.74) is 3.60. The lowest BCUT2D eigenvalue weighted by Crippen LogP contribution is -2.42. The van der Waals surface area contributed by atoms with Crippen LogP contribution >= 0.6 is 11.3 Å². The van der Waals surface area contributed by atoms with Crippen LogP contribution in [0, 0.1) is 6.92 Å². The highest BCUT2D eigenvalue weighted by Crippen LogP contribution is 2.32. The van der Waals surface area contributed by atoms with E-state index in [0.29, 0.717) is 6.04 Å². The van der Waals surface area contributed by atoms with E-state index < -0.39 is 0 Å². The van der Waals surface area contributed by atoms with E-state index in [2.05, 4.69) is 68.9 Å². The van der Waals surface area contributed by atoms with Crippen LogP contribution in [0.4, 0.5) is 5.82 Å². The maximum absolute atomic E-state index is 4.57. The second-order valence-electron chi connectivity index (χ2n) is 6.78. The van der Waals surface area contributed by atoms with E-state index in [9.17, 15) is 0 Å². The highest BCUT2D eigenvalue weighted by molar-refractivity contribution is 7.18. The second-order valence-corrected chi connectivity index (χ2v) is 7.66. The molecule has 26 heavy (non-hydrogen) atoms. The summed E-state index contributed by atoms with van der Waals surface area (Å²) >= 11 is 1.76. The first kappa shape index (κ1) is 17.2. The fraction of sp³-hybridized carbons (Fsp3) is 0.333. The molecule has 2 aromatic heterocycles. The first-order chi connectivity index (χ1) is 12.8. The summed E-state index contributed by atoms with van der Waals surface area (Å²) in [5.74, 6) is 1.11. The number of nitrogens with one attached hydrogen (secondary N) is 1. The Labute approximate surface area is 158 Å². The predicted molar refractivity (Wildman–Crippen MR) is 111 cm³/mol. The van der Waals surface area contributed by atoms with Crippen LogP contribution in [0.15, 0.2) is 48.1 Å². The number of rotatable bonds is 5. The third-order valence-electron chi connectivity index (χ3n) is 4.94. The molecule has 1 aromatic carbocycles. The Morgan fingerprint density at radius 1 is 1.19 bits per heavy atom. The maximum Gasteiger partial charge on any atom is 0.150 e. The van der Waals surface area contributed by atoms with Crippen molar-refractivity contribution in [1.82, 2.24) is 15.3 Å². The first-order valence-electron chi connectivity index (χ1n) is 9.20. The van der Waals surface area contributed by atoms with E-state index in [1.54, 1.807) is 17.7 Å². The average molecular weight is 365 g/mol. The van der Waals surface area contributed by atoms with Crippen LogP contribution in [0.1, 0.15) is 24.0 Å². The summed E-state index contributed by atoms with van der Waals surface area (Å²) in [7, 11) is 0. The highest BCUT2D eigenvalue weighted by Gasteiger charge is 2.21. The van der Waals surface area contributed by atoms with Gasteiger partial charge in [-0.25, -0.2) is 9.97 Å². The van der Waals surface area contributed by atoms with Crippen molar-refractivity contribution in [2.24, 2.45) is 0 Å². The summed E-state index contributed by atoms with van der Waals surface area (Å²) in [6.45, 7) is 5.13. The van der Waals surface area contributed by atoms with Crippen LogP contribution in [0.5, 0.6) is 0 Å². The van der Waals surface area contributed by atoms with Crippen LogP contribution in [0.3, 0.4) is 0 Å². The molecule has 1 N–H and O–H groups in total. The molecule has 0 unspecified atom stereocenters. The fourth-order valence-corrected chi connectivity index (χ4v) is 4.49. The number of hydrogen-bond acceptors (Lipinski definition) is 5. The van der Waals surface area contributed by atoms with Gasteiger partial charge in [0.25, 0.3) is 0 Å². The van der Waals surface area contributed by atoms with E-state index in [-0.39, 0.29) is 0 Å². The third kappa shape index (κ3) is 3.79. The quantitative estimate of drug-likeness (QED) is 0.734. The van der Waals surface area contributed by atoms with Gasteiger partial charge in [0.2, 0.25) is 0 Å². The van der Waals surface area contributed by atoms with E-state index in [0.717, 1.165) is 43.8 Å². The zero-order chi connectivity index (χ0) is 17.8. The number of piperidine rings is 1.